The first kappa shape index (κ1) is 11.1. The smallest absolute Gasteiger partial charge is 0.247 e. The topological polar surface area (TPSA) is 80.2 Å². The molecule has 0 saturated carbocycles. The van der Waals surface area contributed by atoms with Crippen molar-refractivity contribution >= 4 is 9.84 Å². The molecule has 1 heterocycles. The molecule has 0 aliphatic heterocycles. The van der Waals surface area contributed by atoms with Crippen molar-refractivity contribution in [2.75, 3.05) is 6.26 Å². The van der Waals surface area contributed by atoms with Crippen LogP contribution in [-0.4, -0.2) is 29.7 Å². The highest BCUT2D eigenvalue weighted by Crippen LogP contribution is 2.17. The Labute approximate surface area is 82.8 Å². The van der Waals surface area contributed by atoms with Crippen LogP contribution in [0.5, 0.6) is 0 Å². The molecule has 0 unspecified atom stereocenters. The van der Waals surface area contributed by atoms with Crippen LogP contribution >= 0.6 is 0 Å². The fourth-order valence-electron chi connectivity index (χ4n) is 0.860. The van der Waals surface area contributed by atoms with Crippen molar-refractivity contribution in [2.45, 2.75) is 24.6 Å². The van der Waals surface area contributed by atoms with Gasteiger partial charge in [0.1, 0.15) is 5.60 Å². The highest BCUT2D eigenvalue weighted by atomic mass is 32.2. The lowest BCUT2D eigenvalue weighted by Crippen LogP contribution is -2.19. The van der Waals surface area contributed by atoms with Gasteiger partial charge in [0.15, 0.2) is 0 Å². The lowest BCUT2D eigenvalue weighted by Gasteiger charge is -2.16. The number of rotatable bonds is 2. The summed E-state index contributed by atoms with van der Waals surface area (Å²) in [6, 6.07) is 1.48. The van der Waals surface area contributed by atoms with Crippen molar-refractivity contribution in [3.8, 4) is 0 Å². The number of sulfone groups is 1. The van der Waals surface area contributed by atoms with E-state index in [1.165, 1.54) is 26.1 Å². The van der Waals surface area contributed by atoms with Gasteiger partial charge in [0.25, 0.3) is 0 Å². The van der Waals surface area contributed by atoms with Crippen LogP contribution in [0, 0.1) is 0 Å². The summed E-state index contributed by atoms with van der Waals surface area (Å²) >= 11 is 0. The Morgan fingerprint density at radius 3 is 2.43 bits per heavy atom. The summed E-state index contributed by atoms with van der Waals surface area (Å²) in [5.41, 5.74) is -0.879. The Bertz CT molecular complexity index is 434. The zero-order valence-corrected chi connectivity index (χ0v) is 9.04. The van der Waals surface area contributed by atoms with Crippen LogP contribution in [0.15, 0.2) is 17.4 Å². The standard InChI is InChI=1S/C8H12N2O3S/c1-8(2,11)6-4-5-9-7(10-6)14(3,12)13/h4-5,11H,1-3H3. The minimum absolute atomic E-state index is 0.267. The zero-order valence-electron chi connectivity index (χ0n) is 8.22. The van der Waals surface area contributed by atoms with E-state index in [0.717, 1.165) is 6.26 Å². The monoisotopic (exact) mass is 216 g/mol. The van der Waals surface area contributed by atoms with E-state index in [9.17, 15) is 13.5 Å². The Hall–Kier alpha value is -1.01. The molecule has 6 heteroatoms. The molecule has 0 aromatic carbocycles. The van der Waals surface area contributed by atoms with Gasteiger partial charge < -0.3 is 5.11 Å². The van der Waals surface area contributed by atoms with Gasteiger partial charge in [-0.25, -0.2) is 18.4 Å². The van der Waals surface area contributed by atoms with E-state index in [0.29, 0.717) is 0 Å². The van der Waals surface area contributed by atoms with Crippen molar-refractivity contribution in [3.63, 3.8) is 0 Å². The Kier molecular flexibility index (Phi) is 2.60. The molecule has 14 heavy (non-hydrogen) atoms. The van der Waals surface area contributed by atoms with Gasteiger partial charge in [-0.05, 0) is 19.9 Å². The summed E-state index contributed by atoms with van der Waals surface area (Å²) in [6.45, 7) is 3.06. The van der Waals surface area contributed by atoms with Gasteiger partial charge in [0.05, 0.1) is 5.69 Å². The molecule has 0 aliphatic rings. The molecule has 0 atom stereocenters. The van der Waals surface area contributed by atoms with Crippen LogP contribution in [0.1, 0.15) is 19.5 Å². The van der Waals surface area contributed by atoms with E-state index in [4.69, 9.17) is 0 Å². The second-order valence-corrected chi connectivity index (χ2v) is 5.47. The molecule has 0 radical (unpaired) electrons. The van der Waals surface area contributed by atoms with E-state index < -0.39 is 15.4 Å². The quantitative estimate of drug-likeness (QED) is 0.709. The van der Waals surface area contributed by atoms with Crippen molar-refractivity contribution in [3.05, 3.63) is 18.0 Å². The van der Waals surface area contributed by atoms with Crippen LogP contribution in [0.4, 0.5) is 0 Å². The first-order valence-electron chi connectivity index (χ1n) is 3.97. The molecule has 1 aromatic rings. The summed E-state index contributed by atoms with van der Waals surface area (Å²) in [5, 5.41) is 9.33. The molecule has 5 nitrogen and oxygen atoms in total. The maximum atomic E-state index is 11.1. The molecule has 1 aromatic heterocycles. The molecule has 1 N–H and O–H groups in total. The summed E-state index contributed by atoms with van der Waals surface area (Å²) in [7, 11) is -3.42. The van der Waals surface area contributed by atoms with Gasteiger partial charge in [-0.3, -0.25) is 0 Å². The summed E-state index contributed by atoms with van der Waals surface area (Å²) in [4.78, 5) is 7.38. The molecule has 0 spiro atoms. The Morgan fingerprint density at radius 2 is 2.00 bits per heavy atom. The molecular formula is C8H12N2O3S. The normalized spacial score (nSPS) is 12.9. The van der Waals surface area contributed by atoms with Crippen LogP contribution in [0.2, 0.25) is 0 Å². The van der Waals surface area contributed by atoms with Gasteiger partial charge in [0, 0.05) is 12.5 Å². The van der Waals surface area contributed by atoms with Crippen LogP contribution in [0.25, 0.3) is 0 Å². The van der Waals surface area contributed by atoms with Crippen LogP contribution in [0.3, 0.4) is 0 Å². The van der Waals surface area contributed by atoms with Crippen molar-refractivity contribution < 1.29 is 13.5 Å². The van der Waals surface area contributed by atoms with Crippen molar-refractivity contribution in [1.29, 1.82) is 0 Å². The van der Waals surface area contributed by atoms with Gasteiger partial charge >= 0.3 is 0 Å². The summed E-state index contributed by atoms with van der Waals surface area (Å²) in [6.07, 6.45) is 2.34. The molecular weight excluding hydrogens is 204 g/mol. The average molecular weight is 216 g/mol. The average Bonchev–Trinajstić information content (AvgIpc) is 2.01. The van der Waals surface area contributed by atoms with Crippen molar-refractivity contribution in [1.82, 2.24) is 9.97 Å². The van der Waals surface area contributed by atoms with E-state index >= 15 is 0 Å². The highest BCUT2D eigenvalue weighted by molar-refractivity contribution is 7.90. The zero-order chi connectivity index (χ0) is 11.0. The minimum atomic E-state index is -3.42. The number of nitrogens with zero attached hydrogens (tertiary/aromatic N) is 2. The summed E-state index contributed by atoms with van der Waals surface area (Å²) in [5.74, 6) is 0. The fraction of sp³-hybridized carbons (Fsp3) is 0.500. The van der Waals surface area contributed by atoms with E-state index in [1.807, 2.05) is 0 Å². The predicted octanol–water partition coefficient (Wildman–Crippen LogP) is 0.107. The highest BCUT2D eigenvalue weighted by Gasteiger charge is 2.20. The van der Waals surface area contributed by atoms with Crippen LogP contribution < -0.4 is 0 Å². The van der Waals surface area contributed by atoms with E-state index in [1.54, 1.807) is 0 Å². The molecule has 1 rings (SSSR count). The number of aromatic nitrogens is 2. The number of aliphatic hydroxyl groups is 1. The second kappa shape index (κ2) is 3.29. The maximum absolute atomic E-state index is 11.1. The summed E-state index contributed by atoms with van der Waals surface area (Å²) < 4.78 is 22.2. The van der Waals surface area contributed by atoms with Gasteiger partial charge in [-0.1, -0.05) is 0 Å². The number of hydrogen-bond donors (Lipinski definition) is 1. The van der Waals surface area contributed by atoms with Crippen LogP contribution in [-0.2, 0) is 15.4 Å². The largest absolute Gasteiger partial charge is 0.384 e. The predicted molar refractivity (Wildman–Crippen MR) is 50.4 cm³/mol. The lowest BCUT2D eigenvalue weighted by atomic mass is 10.1. The first-order chi connectivity index (χ1) is 6.21. The molecule has 0 saturated heterocycles. The molecule has 0 amide bonds. The lowest BCUT2D eigenvalue weighted by molar-refractivity contribution is 0.0729. The van der Waals surface area contributed by atoms with E-state index in [2.05, 4.69) is 9.97 Å². The second-order valence-electron chi connectivity index (χ2n) is 3.56. The molecule has 0 aliphatic carbocycles. The Morgan fingerprint density at radius 1 is 1.43 bits per heavy atom. The SMILES string of the molecule is CC(C)(O)c1ccnc(S(C)(=O)=O)n1. The van der Waals surface area contributed by atoms with Crippen molar-refractivity contribution in [2.24, 2.45) is 0 Å². The minimum Gasteiger partial charge on any atom is -0.384 e. The molecule has 0 bridgehead atoms. The van der Waals surface area contributed by atoms with Gasteiger partial charge in [-0.2, -0.15) is 0 Å². The maximum Gasteiger partial charge on any atom is 0.247 e. The van der Waals surface area contributed by atoms with Gasteiger partial charge in [-0.15, -0.1) is 0 Å². The van der Waals surface area contributed by atoms with E-state index in [-0.39, 0.29) is 10.9 Å². The number of hydrogen-bond acceptors (Lipinski definition) is 5. The first-order valence-corrected chi connectivity index (χ1v) is 5.86. The third-order valence-corrected chi connectivity index (χ3v) is 2.45. The Balaban J connectivity index is 3.29. The molecule has 78 valence electrons. The fourth-order valence-corrected chi connectivity index (χ4v) is 1.38. The third-order valence-electron chi connectivity index (χ3n) is 1.59. The third kappa shape index (κ3) is 2.49. The molecule has 0 fully saturated rings. The van der Waals surface area contributed by atoms with Gasteiger partial charge in [0.2, 0.25) is 15.0 Å².